The summed E-state index contributed by atoms with van der Waals surface area (Å²) in [7, 11) is 3.22. The van der Waals surface area contributed by atoms with Crippen LogP contribution in [0.4, 0.5) is 6.01 Å². The van der Waals surface area contributed by atoms with Gasteiger partial charge in [0, 0.05) is 0 Å². The summed E-state index contributed by atoms with van der Waals surface area (Å²) in [6.07, 6.45) is 0. The van der Waals surface area contributed by atoms with Gasteiger partial charge in [0.1, 0.15) is 0 Å². The van der Waals surface area contributed by atoms with Crippen molar-refractivity contribution in [3.63, 3.8) is 0 Å². The van der Waals surface area contributed by atoms with Crippen molar-refractivity contribution < 1.29 is 14.0 Å². The van der Waals surface area contributed by atoms with E-state index in [0.717, 1.165) is 5.56 Å². The molecule has 102 valence electrons. The molecule has 0 aliphatic rings. The summed E-state index contributed by atoms with van der Waals surface area (Å²) in [5.41, 5.74) is 1.04. The van der Waals surface area contributed by atoms with Crippen molar-refractivity contribution in [1.82, 2.24) is 10.1 Å². The lowest BCUT2D eigenvalue weighted by atomic mass is 10.1. The number of hydrogen-bond acceptors (Lipinski definition) is 6. The molecule has 0 aliphatic carbocycles. The van der Waals surface area contributed by atoms with Crippen molar-refractivity contribution in [2.45, 2.75) is 19.9 Å². The number of rotatable bonds is 5. The van der Waals surface area contributed by atoms with Crippen LogP contribution in [0.15, 0.2) is 22.7 Å². The van der Waals surface area contributed by atoms with Gasteiger partial charge in [-0.3, -0.25) is 0 Å². The molecule has 6 nitrogen and oxygen atoms in total. The Morgan fingerprint density at radius 2 is 1.95 bits per heavy atom. The molecular weight excluding hydrogens is 246 g/mol. The zero-order chi connectivity index (χ0) is 13.8. The van der Waals surface area contributed by atoms with Crippen molar-refractivity contribution in [3.05, 3.63) is 29.6 Å². The van der Waals surface area contributed by atoms with E-state index in [-0.39, 0.29) is 6.04 Å². The van der Waals surface area contributed by atoms with Crippen LogP contribution < -0.4 is 14.8 Å². The SMILES string of the molecule is COc1ccc(C(C)Nc2nc(C)no2)cc1OC. The molecule has 0 saturated heterocycles. The van der Waals surface area contributed by atoms with Crippen LogP contribution in [0, 0.1) is 6.92 Å². The van der Waals surface area contributed by atoms with Crippen LogP contribution >= 0.6 is 0 Å². The summed E-state index contributed by atoms with van der Waals surface area (Å²) in [5.74, 6) is 1.99. The molecule has 1 N–H and O–H groups in total. The highest BCUT2D eigenvalue weighted by Gasteiger charge is 2.12. The normalized spacial score (nSPS) is 12.0. The lowest BCUT2D eigenvalue weighted by Crippen LogP contribution is -2.07. The van der Waals surface area contributed by atoms with Crippen molar-refractivity contribution in [3.8, 4) is 11.5 Å². The van der Waals surface area contributed by atoms with E-state index < -0.39 is 0 Å². The van der Waals surface area contributed by atoms with E-state index in [2.05, 4.69) is 15.5 Å². The van der Waals surface area contributed by atoms with Crippen LogP contribution in [0.25, 0.3) is 0 Å². The molecule has 0 saturated carbocycles. The van der Waals surface area contributed by atoms with Gasteiger partial charge in [-0.05, 0) is 31.5 Å². The predicted octanol–water partition coefficient (Wildman–Crippen LogP) is 2.57. The second kappa shape index (κ2) is 5.60. The largest absolute Gasteiger partial charge is 0.493 e. The minimum atomic E-state index is 0.0136. The van der Waals surface area contributed by atoms with Crippen LogP contribution in [0.3, 0.4) is 0 Å². The lowest BCUT2D eigenvalue weighted by Gasteiger charge is -2.15. The molecule has 1 unspecified atom stereocenters. The monoisotopic (exact) mass is 263 g/mol. The summed E-state index contributed by atoms with van der Waals surface area (Å²) in [6.45, 7) is 3.77. The fourth-order valence-electron chi connectivity index (χ4n) is 1.75. The predicted molar refractivity (Wildman–Crippen MR) is 70.6 cm³/mol. The third-order valence-corrected chi connectivity index (χ3v) is 2.78. The van der Waals surface area contributed by atoms with Gasteiger partial charge in [-0.15, -0.1) is 0 Å². The number of nitrogens with zero attached hydrogens (tertiary/aromatic N) is 2. The van der Waals surface area contributed by atoms with Crippen LogP contribution in [0.2, 0.25) is 0 Å². The van der Waals surface area contributed by atoms with Crippen molar-refractivity contribution in [2.24, 2.45) is 0 Å². The number of aryl methyl sites for hydroxylation is 1. The Labute approximate surface area is 111 Å². The molecular formula is C13H17N3O3. The first kappa shape index (κ1) is 13.2. The molecule has 0 bridgehead atoms. The van der Waals surface area contributed by atoms with E-state index in [9.17, 15) is 0 Å². The molecule has 6 heteroatoms. The molecule has 0 amide bonds. The minimum Gasteiger partial charge on any atom is -0.493 e. The topological polar surface area (TPSA) is 69.4 Å². The van der Waals surface area contributed by atoms with E-state index in [0.29, 0.717) is 23.3 Å². The third-order valence-electron chi connectivity index (χ3n) is 2.78. The fourth-order valence-corrected chi connectivity index (χ4v) is 1.75. The van der Waals surface area contributed by atoms with Crippen molar-refractivity contribution in [1.29, 1.82) is 0 Å². The van der Waals surface area contributed by atoms with Crippen molar-refractivity contribution in [2.75, 3.05) is 19.5 Å². The highest BCUT2D eigenvalue weighted by Crippen LogP contribution is 2.30. The standard InChI is InChI=1S/C13H17N3O3/c1-8(14-13-15-9(2)16-19-13)10-5-6-11(17-3)12(7-10)18-4/h5-8H,1-4H3,(H,14,15,16). The first-order valence-corrected chi connectivity index (χ1v) is 5.92. The molecule has 1 atom stereocenters. The van der Waals surface area contributed by atoms with E-state index in [1.165, 1.54) is 0 Å². The number of hydrogen-bond donors (Lipinski definition) is 1. The number of benzene rings is 1. The summed E-state index contributed by atoms with van der Waals surface area (Å²) >= 11 is 0. The first-order valence-electron chi connectivity index (χ1n) is 5.92. The van der Waals surface area contributed by atoms with Gasteiger partial charge in [0.05, 0.1) is 20.3 Å². The number of nitrogens with one attached hydrogen (secondary N) is 1. The quantitative estimate of drug-likeness (QED) is 0.894. The summed E-state index contributed by atoms with van der Waals surface area (Å²) in [4.78, 5) is 4.11. The van der Waals surface area contributed by atoms with E-state index in [4.69, 9.17) is 14.0 Å². The molecule has 2 aromatic rings. The molecule has 1 heterocycles. The average Bonchev–Trinajstić information content (AvgIpc) is 2.83. The van der Waals surface area contributed by atoms with Gasteiger partial charge < -0.3 is 19.3 Å². The molecule has 19 heavy (non-hydrogen) atoms. The maximum atomic E-state index is 5.28. The van der Waals surface area contributed by atoms with Gasteiger partial charge >= 0.3 is 6.01 Å². The van der Waals surface area contributed by atoms with E-state index >= 15 is 0 Å². The van der Waals surface area contributed by atoms with E-state index in [1.54, 1.807) is 21.1 Å². The van der Waals surface area contributed by atoms with Gasteiger partial charge in [-0.1, -0.05) is 11.2 Å². The molecule has 0 fully saturated rings. The van der Waals surface area contributed by atoms with E-state index in [1.807, 2.05) is 25.1 Å². The van der Waals surface area contributed by atoms with Gasteiger partial charge in [0.2, 0.25) is 0 Å². The van der Waals surface area contributed by atoms with Crippen LogP contribution in [-0.2, 0) is 0 Å². The third kappa shape index (κ3) is 2.96. The Hall–Kier alpha value is -2.24. The second-order valence-corrected chi connectivity index (χ2v) is 4.13. The van der Waals surface area contributed by atoms with Gasteiger partial charge in [-0.2, -0.15) is 4.98 Å². The zero-order valence-electron chi connectivity index (χ0n) is 11.4. The van der Waals surface area contributed by atoms with Crippen LogP contribution in [0.5, 0.6) is 11.5 Å². The first-order chi connectivity index (χ1) is 9.13. The Kier molecular flexibility index (Phi) is 3.89. The highest BCUT2D eigenvalue weighted by atomic mass is 16.5. The van der Waals surface area contributed by atoms with Crippen molar-refractivity contribution >= 4 is 6.01 Å². The van der Waals surface area contributed by atoms with Crippen LogP contribution in [-0.4, -0.2) is 24.4 Å². The molecule has 0 aliphatic heterocycles. The summed E-state index contributed by atoms with van der Waals surface area (Å²) in [6, 6.07) is 6.16. The number of anilines is 1. The lowest BCUT2D eigenvalue weighted by molar-refractivity contribution is 0.354. The maximum absolute atomic E-state index is 5.28. The van der Waals surface area contributed by atoms with Crippen LogP contribution in [0.1, 0.15) is 24.4 Å². The molecule has 0 radical (unpaired) electrons. The molecule has 2 rings (SSSR count). The van der Waals surface area contributed by atoms with Gasteiger partial charge in [-0.25, -0.2) is 0 Å². The summed E-state index contributed by atoms with van der Waals surface area (Å²) in [5, 5.41) is 6.86. The Bertz CT molecular complexity index is 554. The average molecular weight is 263 g/mol. The number of aromatic nitrogens is 2. The van der Waals surface area contributed by atoms with Gasteiger partial charge in [0.15, 0.2) is 17.3 Å². The molecule has 0 spiro atoms. The second-order valence-electron chi connectivity index (χ2n) is 4.13. The Morgan fingerprint density at radius 1 is 1.21 bits per heavy atom. The zero-order valence-corrected chi connectivity index (χ0v) is 11.4. The number of methoxy groups -OCH3 is 2. The molecule has 1 aromatic heterocycles. The maximum Gasteiger partial charge on any atom is 0.321 e. The Balaban J connectivity index is 2.16. The highest BCUT2D eigenvalue weighted by molar-refractivity contribution is 5.44. The fraction of sp³-hybridized carbons (Fsp3) is 0.385. The summed E-state index contributed by atoms with van der Waals surface area (Å²) < 4.78 is 15.5. The molecule has 1 aromatic carbocycles. The Morgan fingerprint density at radius 3 is 2.53 bits per heavy atom. The van der Waals surface area contributed by atoms with Gasteiger partial charge in [0.25, 0.3) is 0 Å². The number of ether oxygens (including phenoxy) is 2. The smallest absolute Gasteiger partial charge is 0.321 e. The minimum absolute atomic E-state index is 0.0136.